The van der Waals surface area contributed by atoms with Crippen molar-refractivity contribution < 1.29 is 24.2 Å². The summed E-state index contributed by atoms with van der Waals surface area (Å²) >= 11 is 1.30. The van der Waals surface area contributed by atoms with Crippen LogP contribution in [0.3, 0.4) is 0 Å². The van der Waals surface area contributed by atoms with Gasteiger partial charge in [0.25, 0.3) is 5.78 Å². The van der Waals surface area contributed by atoms with Crippen LogP contribution in [0, 0.1) is 0 Å². The number of aromatic nitrogens is 1. The van der Waals surface area contributed by atoms with Crippen molar-refractivity contribution in [1.82, 2.24) is 4.98 Å². The van der Waals surface area contributed by atoms with Crippen molar-refractivity contribution >= 4 is 44.1 Å². The number of aliphatic hydroxyl groups is 1. The van der Waals surface area contributed by atoms with E-state index in [4.69, 9.17) is 9.47 Å². The standard InChI is InChI=1S/C26H20N2O5S/c1-32-16-12-13-19(33-2)17(14-16)22-21(23(29)15-8-4-3-5-9-15)24(30)25(31)28(22)26-27-18-10-6-7-11-20(18)34-26/h3-14,22,29H,1-2H3/t22-/m0/s1. The molecule has 0 unspecified atom stereocenters. The lowest BCUT2D eigenvalue weighted by Crippen LogP contribution is -2.29. The van der Waals surface area contributed by atoms with E-state index >= 15 is 0 Å². The third-order valence-electron chi connectivity index (χ3n) is 5.71. The zero-order chi connectivity index (χ0) is 23.8. The van der Waals surface area contributed by atoms with Crippen molar-refractivity contribution in [1.29, 1.82) is 0 Å². The van der Waals surface area contributed by atoms with Crippen LogP contribution >= 0.6 is 11.3 Å². The molecule has 4 aromatic rings. The van der Waals surface area contributed by atoms with Crippen LogP contribution in [0.4, 0.5) is 5.13 Å². The molecule has 0 spiro atoms. The highest BCUT2D eigenvalue weighted by Crippen LogP contribution is 2.47. The Kier molecular flexibility index (Phi) is 5.51. The highest BCUT2D eigenvalue weighted by Gasteiger charge is 2.49. The minimum atomic E-state index is -0.967. The summed E-state index contributed by atoms with van der Waals surface area (Å²) < 4.78 is 11.9. The second-order valence-electron chi connectivity index (χ2n) is 7.61. The molecule has 1 N–H and O–H groups in total. The lowest BCUT2D eigenvalue weighted by Gasteiger charge is -2.25. The normalized spacial score (nSPS) is 17.4. The van der Waals surface area contributed by atoms with Crippen LogP contribution in [0.25, 0.3) is 16.0 Å². The van der Waals surface area contributed by atoms with E-state index in [0.29, 0.717) is 33.3 Å². The smallest absolute Gasteiger partial charge is 0.301 e. The molecule has 5 rings (SSSR count). The number of carbonyl (C=O) groups is 2. The number of benzene rings is 3. The number of para-hydroxylation sites is 1. The highest BCUT2D eigenvalue weighted by atomic mass is 32.1. The van der Waals surface area contributed by atoms with E-state index in [0.717, 1.165) is 4.70 Å². The number of nitrogens with zero attached hydrogens (tertiary/aromatic N) is 2. The number of fused-ring (bicyclic) bond motifs is 1. The summed E-state index contributed by atoms with van der Waals surface area (Å²) in [6, 6.07) is 20.3. The fourth-order valence-electron chi connectivity index (χ4n) is 4.09. The van der Waals surface area contributed by atoms with E-state index in [2.05, 4.69) is 4.98 Å². The molecule has 8 heteroatoms. The lowest BCUT2D eigenvalue weighted by atomic mass is 9.94. The number of ketones is 1. The fraction of sp³-hybridized carbons (Fsp3) is 0.115. The summed E-state index contributed by atoms with van der Waals surface area (Å²) in [4.78, 5) is 32.7. The van der Waals surface area contributed by atoms with Gasteiger partial charge in [0.1, 0.15) is 23.3 Å². The molecular formula is C26H20N2O5S. The van der Waals surface area contributed by atoms with E-state index in [-0.39, 0.29) is 11.3 Å². The van der Waals surface area contributed by atoms with Gasteiger partial charge >= 0.3 is 5.91 Å². The number of hydrogen-bond donors (Lipinski definition) is 1. The Morgan fingerprint density at radius 3 is 2.41 bits per heavy atom. The zero-order valence-corrected chi connectivity index (χ0v) is 19.2. The van der Waals surface area contributed by atoms with E-state index in [1.165, 1.54) is 30.5 Å². The van der Waals surface area contributed by atoms with Crippen LogP contribution in [-0.4, -0.2) is 36.0 Å². The molecule has 34 heavy (non-hydrogen) atoms. The number of Topliss-reactive ketones (excluding diaryl/α,β-unsaturated/α-hetero) is 1. The topological polar surface area (TPSA) is 89.0 Å². The summed E-state index contributed by atoms with van der Waals surface area (Å²) in [7, 11) is 3.03. The molecule has 170 valence electrons. The largest absolute Gasteiger partial charge is 0.507 e. The first-order valence-electron chi connectivity index (χ1n) is 10.5. The molecule has 1 aromatic heterocycles. The zero-order valence-electron chi connectivity index (χ0n) is 18.4. The summed E-state index contributed by atoms with van der Waals surface area (Å²) in [6.45, 7) is 0. The van der Waals surface area contributed by atoms with Gasteiger partial charge in [0.15, 0.2) is 5.13 Å². The van der Waals surface area contributed by atoms with Crippen LogP contribution < -0.4 is 14.4 Å². The molecule has 0 radical (unpaired) electrons. The molecule has 3 aromatic carbocycles. The summed E-state index contributed by atoms with van der Waals surface area (Å²) in [5, 5.41) is 11.6. The second kappa shape index (κ2) is 8.64. The number of aliphatic hydroxyl groups excluding tert-OH is 1. The van der Waals surface area contributed by atoms with Crippen LogP contribution in [0.15, 0.2) is 78.4 Å². The molecule has 0 bridgehead atoms. The first-order chi connectivity index (χ1) is 16.5. The molecule has 1 amide bonds. The molecule has 0 aliphatic carbocycles. The average molecular weight is 473 g/mol. The number of rotatable bonds is 5. The third-order valence-corrected chi connectivity index (χ3v) is 6.75. The Morgan fingerprint density at radius 1 is 0.971 bits per heavy atom. The van der Waals surface area contributed by atoms with Gasteiger partial charge in [-0.1, -0.05) is 53.8 Å². The van der Waals surface area contributed by atoms with Crippen molar-refractivity contribution in [3.63, 3.8) is 0 Å². The monoisotopic (exact) mass is 472 g/mol. The number of methoxy groups -OCH3 is 2. The van der Waals surface area contributed by atoms with Gasteiger partial charge in [-0.25, -0.2) is 4.98 Å². The maximum absolute atomic E-state index is 13.4. The van der Waals surface area contributed by atoms with Crippen molar-refractivity contribution in [2.24, 2.45) is 0 Å². The van der Waals surface area contributed by atoms with Gasteiger partial charge in [-0.15, -0.1) is 0 Å². The van der Waals surface area contributed by atoms with E-state index in [1.54, 1.807) is 48.5 Å². The number of carbonyl (C=O) groups excluding carboxylic acids is 2. The first-order valence-corrected chi connectivity index (χ1v) is 11.3. The molecule has 1 atom stereocenters. The average Bonchev–Trinajstić information content (AvgIpc) is 3.42. The Balaban J connectivity index is 1.79. The van der Waals surface area contributed by atoms with Gasteiger partial charge in [0.2, 0.25) is 0 Å². The Labute approximate surface area is 199 Å². The maximum atomic E-state index is 13.4. The molecule has 7 nitrogen and oxygen atoms in total. The summed E-state index contributed by atoms with van der Waals surface area (Å²) in [6.07, 6.45) is 0. The van der Waals surface area contributed by atoms with Gasteiger partial charge < -0.3 is 14.6 Å². The van der Waals surface area contributed by atoms with Gasteiger partial charge in [-0.3, -0.25) is 14.5 Å². The van der Waals surface area contributed by atoms with E-state index < -0.39 is 17.7 Å². The number of ether oxygens (including phenoxy) is 2. The quantitative estimate of drug-likeness (QED) is 0.251. The van der Waals surface area contributed by atoms with Crippen LogP contribution in [0.5, 0.6) is 11.5 Å². The highest BCUT2D eigenvalue weighted by molar-refractivity contribution is 7.22. The van der Waals surface area contributed by atoms with Gasteiger partial charge in [0.05, 0.1) is 30.0 Å². The molecule has 1 aliphatic heterocycles. The van der Waals surface area contributed by atoms with Gasteiger partial charge in [-0.05, 0) is 30.3 Å². The van der Waals surface area contributed by atoms with Crippen molar-refractivity contribution in [2.75, 3.05) is 19.1 Å². The van der Waals surface area contributed by atoms with Gasteiger partial charge in [0, 0.05) is 11.1 Å². The minimum absolute atomic E-state index is 0.0398. The number of anilines is 1. The minimum Gasteiger partial charge on any atom is -0.507 e. The Morgan fingerprint density at radius 2 is 1.71 bits per heavy atom. The van der Waals surface area contributed by atoms with Gasteiger partial charge in [-0.2, -0.15) is 0 Å². The van der Waals surface area contributed by atoms with Crippen LogP contribution in [-0.2, 0) is 9.59 Å². The van der Waals surface area contributed by atoms with Crippen LogP contribution in [0.1, 0.15) is 17.2 Å². The molecule has 1 fully saturated rings. The van der Waals surface area contributed by atoms with Crippen molar-refractivity contribution in [3.05, 3.63) is 89.5 Å². The first kappa shape index (κ1) is 21.7. The van der Waals surface area contributed by atoms with Crippen molar-refractivity contribution in [2.45, 2.75) is 6.04 Å². The molecular weight excluding hydrogens is 452 g/mol. The van der Waals surface area contributed by atoms with E-state index in [9.17, 15) is 14.7 Å². The molecule has 2 heterocycles. The number of hydrogen-bond acceptors (Lipinski definition) is 7. The van der Waals surface area contributed by atoms with Crippen molar-refractivity contribution in [3.8, 4) is 11.5 Å². The fourth-order valence-corrected chi connectivity index (χ4v) is 5.08. The SMILES string of the molecule is COc1ccc(OC)c([C@H]2C(=C(O)c3ccccc3)C(=O)C(=O)N2c2nc3ccccc3s2)c1. The second-order valence-corrected chi connectivity index (χ2v) is 8.62. The number of amides is 1. The predicted molar refractivity (Wildman–Crippen MR) is 130 cm³/mol. The Hall–Kier alpha value is -4.17. The molecule has 0 saturated carbocycles. The number of thiazole rings is 1. The lowest BCUT2D eigenvalue weighted by molar-refractivity contribution is -0.132. The Bertz CT molecular complexity index is 1410. The molecule has 1 aliphatic rings. The predicted octanol–water partition coefficient (Wildman–Crippen LogP) is 4.94. The summed E-state index contributed by atoms with van der Waals surface area (Å²) in [5.74, 6) is -0.873. The maximum Gasteiger partial charge on any atom is 0.301 e. The van der Waals surface area contributed by atoms with E-state index in [1.807, 2.05) is 24.3 Å². The molecule has 1 saturated heterocycles. The third kappa shape index (κ3) is 3.48. The summed E-state index contributed by atoms with van der Waals surface area (Å²) in [5.41, 5.74) is 1.60. The van der Waals surface area contributed by atoms with Crippen LogP contribution in [0.2, 0.25) is 0 Å².